The molecule has 1 aromatic heterocycles. The number of esters is 1. The predicted octanol–water partition coefficient (Wildman–Crippen LogP) is 5.11. The van der Waals surface area contributed by atoms with Crippen molar-refractivity contribution in [3.63, 3.8) is 0 Å². The number of aromatic nitrogens is 1. The lowest BCUT2D eigenvalue weighted by molar-refractivity contribution is -0.143. The van der Waals surface area contributed by atoms with E-state index in [0.29, 0.717) is 19.4 Å². The van der Waals surface area contributed by atoms with E-state index in [1.54, 1.807) is 12.1 Å². The number of nitrogens with zero attached hydrogens (tertiary/aromatic N) is 1. The third kappa shape index (κ3) is 4.17. The average Bonchev–Trinajstić information content (AvgIpc) is 3.05. The van der Waals surface area contributed by atoms with Crippen molar-refractivity contribution in [2.45, 2.75) is 19.8 Å². The number of phenols is 1. The molecule has 0 bridgehead atoms. The molecule has 0 atom stereocenters. The highest BCUT2D eigenvalue weighted by Gasteiger charge is 2.14. The van der Waals surface area contributed by atoms with Crippen LogP contribution in [0.15, 0.2) is 65.1 Å². The number of aryl methyl sites for hydroxylation is 1. The van der Waals surface area contributed by atoms with E-state index >= 15 is 0 Å². The molecule has 3 rings (SSSR count). The molecule has 0 aliphatic carbocycles. The molecule has 4 nitrogen and oxygen atoms in total. The van der Waals surface area contributed by atoms with Gasteiger partial charge in [-0.2, -0.15) is 0 Å². The maximum absolute atomic E-state index is 11.8. The van der Waals surface area contributed by atoms with E-state index in [4.69, 9.17) is 4.74 Å². The lowest BCUT2D eigenvalue weighted by atomic mass is 10.1. The van der Waals surface area contributed by atoms with Crippen LogP contribution in [0, 0.1) is 0 Å². The maximum Gasteiger partial charge on any atom is 0.306 e. The topological polar surface area (TPSA) is 51.5 Å². The highest BCUT2D eigenvalue weighted by Crippen LogP contribution is 2.29. The van der Waals surface area contributed by atoms with Gasteiger partial charge in [-0.3, -0.25) is 4.79 Å². The van der Waals surface area contributed by atoms with Crippen molar-refractivity contribution in [3.05, 3.63) is 70.8 Å². The Kier molecular flexibility index (Phi) is 5.78. The molecular weight excluding hydrogens is 394 g/mol. The number of carbonyl (C=O) groups excluding carboxylic acids is 1. The van der Waals surface area contributed by atoms with Crippen LogP contribution in [0.25, 0.3) is 16.9 Å². The number of phenolic OH excluding ortho intramolecular Hbond substituents is 1. The number of hydrogen-bond donors (Lipinski definition) is 1. The van der Waals surface area contributed by atoms with Crippen molar-refractivity contribution in [1.29, 1.82) is 0 Å². The molecule has 1 heterocycles. The SMILES string of the molecule is CCOC(=O)CCc1ccc(-c2ccc(Br)cc2)n1-c1ccc(O)cc1. The Morgan fingerprint density at radius 1 is 1.04 bits per heavy atom. The van der Waals surface area contributed by atoms with Gasteiger partial charge in [0.2, 0.25) is 0 Å². The largest absolute Gasteiger partial charge is 0.508 e. The number of hydrogen-bond acceptors (Lipinski definition) is 3. The molecule has 0 saturated carbocycles. The second-order valence-electron chi connectivity index (χ2n) is 5.87. The second kappa shape index (κ2) is 8.23. The summed E-state index contributed by atoms with van der Waals surface area (Å²) in [5.74, 6) is 0.0234. The normalized spacial score (nSPS) is 10.7. The third-order valence-corrected chi connectivity index (χ3v) is 4.63. The molecule has 2 aromatic carbocycles. The minimum atomic E-state index is -0.198. The van der Waals surface area contributed by atoms with Gasteiger partial charge in [0, 0.05) is 15.9 Å². The van der Waals surface area contributed by atoms with Crippen molar-refractivity contribution in [1.82, 2.24) is 4.57 Å². The average molecular weight is 414 g/mol. The maximum atomic E-state index is 11.8. The number of halogens is 1. The highest BCUT2D eigenvalue weighted by molar-refractivity contribution is 9.10. The predicted molar refractivity (Wildman–Crippen MR) is 106 cm³/mol. The summed E-state index contributed by atoms with van der Waals surface area (Å²) in [6.45, 7) is 2.20. The Balaban J connectivity index is 2.00. The minimum Gasteiger partial charge on any atom is -0.508 e. The monoisotopic (exact) mass is 413 g/mol. The Labute approximate surface area is 161 Å². The third-order valence-electron chi connectivity index (χ3n) is 4.10. The summed E-state index contributed by atoms with van der Waals surface area (Å²) < 4.78 is 8.18. The molecule has 1 N–H and O–H groups in total. The first-order valence-electron chi connectivity index (χ1n) is 8.50. The van der Waals surface area contributed by atoms with Gasteiger partial charge in [0.05, 0.1) is 18.7 Å². The summed E-state index contributed by atoms with van der Waals surface area (Å²) in [7, 11) is 0. The van der Waals surface area contributed by atoms with Crippen LogP contribution in [-0.2, 0) is 16.0 Å². The first-order valence-corrected chi connectivity index (χ1v) is 9.29. The Hall–Kier alpha value is -2.53. The number of carbonyl (C=O) groups is 1. The summed E-state index contributed by atoms with van der Waals surface area (Å²) in [5.41, 5.74) is 4.05. The number of benzene rings is 2. The van der Waals surface area contributed by atoms with Crippen LogP contribution in [0.3, 0.4) is 0 Å². The molecule has 0 aliphatic heterocycles. The molecule has 0 radical (unpaired) electrons. The summed E-state index contributed by atoms with van der Waals surface area (Å²) in [6.07, 6.45) is 0.909. The van der Waals surface area contributed by atoms with Gasteiger partial charge in [-0.1, -0.05) is 28.1 Å². The standard InChI is InChI=1S/C21H20BrNO3/c1-2-26-21(25)14-10-18-9-13-20(15-3-5-16(22)6-4-15)23(18)17-7-11-19(24)12-8-17/h3-9,11-13,24H,2,10,14H2,1H3. The van der Waals surface area contributed by atoms with Crippen molar-refractivity contribution in [3.8, 4) is 22.7 Å². The fourth-order valence-corrected chi connectivity index (χ4v) is 3.15. The molecule has 0 spiro atoms. The fraction of sp³-hybridized carbons (Fsp3) is 0.190. The van der Waals surface area contributed by atoms with Crippen LogP contribution in [0.5, 0.6) is 5.75 Å². The molecule has 0 amide bonds. The molecule has 0 unspecified atom stereocenters. The number of aromatic hydroxyl groups is 1. The summed E-state index contributed by atoms with van der Waals surface area (Å²) in [4.78, 5) is 11.8. The van der Waals surface area contributed by atoms with Crippen LogP contribution in [-0.4, -0.2) is 22.2 Å². The van der Waals surface area contributed by atoms with E-state index in [2.05, 4.69) is 26.6 Å². The smallest absolute Gasteiger partial charge is 0.306 e. The van der Waals surface area contributed by atoms with Gasteiger partial charge in [0.25, 0.3) is 0 Å². The van der Waals surface area contributed by atoms with Crippen molar-refractivity contribution in [2.75, 3.05) is 6.61 Å². The van der Waals surface area contributed by atoms with Gasteiger partial charge >= 0.3 is 5.97 Å². The van der Waals surface area contributed by atoms with Crippen molar-refractivity contribution < 1.29 is 14.6 Å². The molecule has 5 heteroatoms. The first-order chi connectivity index (χ1) is 12.6. The van der Waals surface area contributed by atoms with Crippen LogP contribution in [0.4, 0.5) is 0 Å². The quantitative estimate of drug-likeness (QED) is 0.571. The van der Waals surface area contributed by atoms with Crippen LogP contribution in [0.1, 0.15) is 19.0 Å². The molecule has 0 aliphatic rings. The van der Waals surface area contributed by atoms with Gasteiger partial charge < -0.3 is 14.4 Å². The number of rotatable bonds is 6. The zero-order valence-electron chi connectivity index (χ0n) is 14.5. The van der Waals surface area contributed by atoms with E-state index < -0.39 is 0 Å². The first kappa shape index (κ1) is 18.3. The molecule has 0 saturated heterocycles. The summed E-state index contributed by atoms with van der Waals surface area (Å²) in [6, 6.07) is 19.2. The van der Waals surface area contributed by atoms with Gasteiger partial charge in [-0.15, -0.1) is 0 Å². The highest BCUT2D eigenvalue weighted by atomic mass is 79.9. The lowest BCUT2D eigenvalue weighted by Gasteiger charge is -2.14. The Bertz CT molecular complexity index is 883. The fourth-order valence-electron chi connectivity index (χ4n) is 2.89. The van der Waals surface area contributed by atoms with Gasteiger partial charge in [0.1, 0.15) is 5.75 Å². The zero-order valence-corrected chi connectivity index (χ0v) is 16.1. The van der Waals surface area contributed by atoms with Crippen molar-refractivity contribution in [2.24, 2.45) is 0 Å². The van der Waals surface area contributed by atoms with Gasteiger partial charge in [-0.05, 0) is 67.4 Å². The van der Waals surface area contributed by atoms with Crippen LogP contribution in [0.2, 0.25) is 0 Å². The zero-order chi connectivity index (χ0) is 18.5. The minimum absolute atomic E-state index is 0.198. The van der Waals surface area contributed by atoms with Crippen LogP contribution >= 0.6 is 15.9 Å². The van der Waals surface area contributed by atoms with Crippen molar-refractivity contribution >= 4 is 21.9 Å². The van der Waals surface area contributed by atoms with E-state index in [0.717, 1.165) is 27.1 Å². The molecule has 0 fully saturated rings. The molecule has 26 heavy (non-hydrogen) atoms. The van der Waals surface area contributed by atoms with E-state index in [-0.39, 0.29) is 11.7 Å². The Morgan fingerprint density at radius 2 is 1.73 bits per heavy atom. The molecule has 3 aromatic rings. The Morgan fingerprint density at radius 3 is 2.38 bits per heavy atom. The summed E-state index contributed by atoms with van der Waals surface area (Å²) in [5, 5.41) is 9.60. The van der Waals surface area contributed by atoms with E-state index in [9.17, 15) is 9.90 Å². The summed E-state index contributed by atoms with van der Waals surface area (Å²) >= 11 is 3.46. The van der Waals surface area contributed by atoms with E-state index in [1.165, 1.54) is 0 Å². The second-order valence-corrected chi connectivity index (χ2v) is 6.79. The van der Waals surface area contributed by atoms with Crippen LogP contribution < -0.4 is 0 Å². The molecular formula is C21H20BrNO3. The lowest BCUT2D eigenvalue weighted by Crippen LogP contribution is -2.08. The van der Waals surface area contributed by atoms with E-state index in [1.807, 2.05) is 49.4 Å². The van der Waals surface area contributed by atoms with Gasteiger partial charge in [-0.25, -0.2) is 0 Å². The molecule has 134 valence electrons. The van der Waals surface area contributed by atoms with Gasteiger partial charge in [0.15, 0.2) is 0 Å². The number of ether oxygens (including phenoxy) is 1.